The van der Waals surface area contributed by atoms with E-state index >= 15 is 0 Å². The van der Waals surface area contributed by atoms with Crippen LogP contribution in [0.2, 0.25) is 0 Å². The lowest BCUT2D eigenvalue weighted by atomic mass is 9.97. The highest BCUT2D eigenvalue weighted by Gasteiger charge is 2.13. The Bertz CT molecular complexity index is 447. The maximum atomic E-state index is 5.33. The molecule has 2 aromatic rings. The van der Waals surface area contributed by atoms with Gasteiger partial charge in [0.1, 0.15) is 0 Å². The highest BCUT2D eigenvalue weighted by atomic mass is 16.5. The van der Waals surface area contributed by atoms with E-state index in [1.54, 1.807) is 0 Å². The Morgan fingerprint density at radius 1 is 1.25 bits per heavy atom. The van der Waals surface area contributed by atoms with Crippen LogP contribution < -0.4 is 0 Å². The Kier molecular flexibility index (Phi) is 3.60. The molecule has 2 heteroatoms. The summed E-state index contributed by atoms with van der Waals surface area (Å²) in [5.74, 6) is 0.496. The van der Waals surface area contributed by atoms with E-state index < -0.39 is 0 Å². The van der Waals surface area contributed by atoms with Crippen molar-refractivity contribution in [1.82, 2.24) is 5.16 Å². The minimum absolute atomic E-state index is 0.496. The molecule has 0 radical (unpaired) electrons. The van der Waals surface area contributed by atoms with Gasteiger partial charge in [-0.05, 0) is 18.6 Å². The SMILES string of the molecule is CCCCCC(C)c1noc2ccccc12. The van der Waals surface area contributed by atoms with Gasteiger partial charge in [-0.1, -0.05) is 50.4 Å². The summed E-state index contributed by atoms with van der Waals surface area (Å²) in [6, 6.07) is 8.10. The van der Waals surface area contributed by atoms with Crippen molar-refractivity contribution in [3.05, 3.63) is 30.0 Å². The third kappa shape index (κ3) is 2.26. The number of benzene rings is 1. The molecule has 1 unspecified atom stereocenters. The molecule has 0 amide bonds. The van der Waals surface area contributed by atoms with Crippen molar-refractivity contribution in [3.8, 4) is 0 Å². The molecule has 0 aliphatic carbocycles. The van der Waals surface area contributed by atoms with Crippen molar-refractivity contribution in [2.75, 3.05) is 0 Å². The first-order chi connectivity index (χ1) is 7.83. The van der Waals surface area contributed by atoms with E-state index in [9.17, 15) is 0 Å². The fourth-order valence-electron chi connectivity index (χ4n) is 2.10. The Morgan fingerprint density at radius 3 is 2.88 bits per heavy atom. The molecule has 0 saturated heterocycles. The van der Waals surface area contributed by atoms with Gasteiger partial charge in [-0.15, -0.1) is 0 Å². The number of unbranched alkanes of at least 4 members (excludes halogenated alkanes) is 2. The Morgan fingerprint density at radius 2 is 2.06 bits per heavy atom. The second-order valence-corrected chi connectivity index (χ2v) is 4.46. The first-order valence-corrected chi connectivity index (χ1v) is 6.17. The molecule has 16 heavy (non-hydrogen) atoms. The van der Waals surface area contributed by atoms with Crippen LogP contribution in [0.1, 0.15) is 51.1 Å². The number of aromatic nitrogens is 1. The number of para-hydroxylation sites is 1. The summed E-state index contributed by atoms with van der Waals surface area (Å²) in [5.41, 5.74) is 2.02. The Hall–Kier alpha value is -1.31. The zero-order chi connectivity index (χ0) is 11.4. The standard InChI is InChI=1S/C14H19NO/c1-3-4-5-8-11(2)14-12-9-6-7-10-13(12)16-15-14/h6-7,9-11H,3-5,8H2,1-2H3. The maximum Gasteiger partial charge on any atom is 0.167 e. The van der Waals surface area contributed by atoms with Crippen LogP contribution in [0.15, 0.2) is 28.8 Å². The molecule has 0 bridgehead atoms. The number of hydrogen-bond donors (Lipinski definition) is 0. The van der Waals surface area contributed by atoms with Gasteiger partial charge in [0.05, 0.1) is 5.69 Å². The predicted molar refractivity (Wildman–Crippen MR) is 66.6 cm³/mol. The Balaban J connectivity index is 2.13. The van der Waals surface area contributed by atoms with Gasteiger partial charge in [0.15, 0.2) is 5.58 Å². The summed E-state index contributed by atoms with van der Waals surface area (Å²) in [4.78, 5) is 0. The van der Waals surface area contributed by atoms with Crippen LogP contribution >= 0.6 is 0 Å². The molecule has 1 aromatic heterocycles. The molecule has 86 valence electrons. The number of hydrogen-bond acceptors (Lipinski definition) is 2. The molecule has 2 rings (SSSR count). The van der Waals surface area contributed by atoms with Crippen molar-refractivity contribution < 1.29 is 4.52 Å². The number of rotatable bonds is 5. The molecule has 0 N–H and O–H groups in total. The molecule has 0 fully saturated rings. The van der Waals surface area contributed by atoms with Gasteiger partial charge in [-0.3, -0.25) is 0 Å². The zero-order valence-corrected chi connectivity index (χ0v) is 10.1. The van der Waals surface area contributed by atoms with Gasteiger partial charge in [0.2, 0.25) is 0 Å². The average Bonchev–Trinajstić information content (AvgIpc) is 2.73. The molecule has 1 atom stereocenters. The van der Waals surface area contributed by atoms with Crippen LogP contribution in [0, 0.1) is 0 Å². The summed E-state index contributed by atoms with van der Waals surface area (Å²) >= 11 is 0. The lowest BCUT2D eigenvalue weighted by Gasteiger charge is -2.07. The lowest BCUT2D eigenvalue weighted by molar-refractivity contribution is 0.434. The minimum Gasteiger partial charge on any atom is -0.356 e. The average molecular weight is 217 g/mol. The van der Waals surface area contributed by atoms with E-state index in [4.69, 9.17) is 4.52 Å². The summed E-state index contributed by atoms with van der Waals surface area (Å²) in [6.45, 7) is 4.47. The van der Waals surface area contributed by atoms with Crippen LogP contribution in [0.4, 0.5) is 0 Å². The van der Waals surface area contributed by atoms with Gasteiger partial charge < -0.3 is 4.52 Å². The van der Waals surface area contributed by atoms with E-state index in [1.165, 1.54) is 31.1 Å². The largest absolute Gasteiger partial charge is 0.356 e. The molecule has 0 spiro atoms. The predicted octanol–water partition coefficient (Wildman–Crippen LogP) is 4.51. The minimum atomic E-state index is 0.496. The van der Waals surface area contributed by atoms with E-state index in [1.807, 2.05) is 18.2 Å². The molecule has 0 aliphatic rings. The topological polar surface area (TPSA) is 26.0 Å². The van der Waals surface area contributed by atoms with E-state index in [2.05, 4.69) is 25.1 Å². The monoisotopic (exact) mass is 217 g/mol. The first-order valence-electron chi connectivity index (χ1n) is 6.17. The summed E-state index contributed by atoms with van der Waals surface area (Å²) in [5, 5.41) is 5.37. The van der Waals surface area contributed by atoms with Gasteiger partial charge in [-0.25, -0.2) is 0 Å². The second kappa shape index (κ2) is 5.15. The third-order valence-electron chi connectivity index (χ3n) is 3.11. The fourth-order valence-corrected chi connectivity index (χ4v) is 2.10. The van der Waals surface area contributed by atoms with Crippen LogP contribution in [-0.4, -0.2) is 5.16 Å². The molecule has 0 aliphatic heterocycles. The van der Waals surface area contributed by atoms with Crippen LogP contribution in [-0.2, 0) is 0 Å². The van der Waals surface area contributed by atoms with Crippen molar-refractivity contribution in [3.63, 3.8) is 0 Å². The van der Waals surface area contributed by atoms with Gasteiger partial charge in [0.25, 0.3) is 0 Å². The van der Waals surface area contributed by atoms with Gasteiger partial charge in [-0.2, -0.15) is 0 Å². The number of fused-ring (bicyclic) bond motifs is 1. The Labute approximate surface area is 96.6 Å². The zero-order valence-electron chi connectivity index (χ0n) is 10.1. The quantitative estimate of drug-likeness (QED) is 0.688. The highest BCUT2D eigenvalue weighted by molar-refractivity contribution is 5.79. The summed E-state index contributed by atoms with van der Waals surface area (Å²) < 4.78 is 5.33. The van der Waals surface area contributed by atoms with Gasteiger partial charge in [0, 0.05) is 11.3 Å². The molecule has 0 saturated carbocycles. The molecule has 1 heterocycles. The van der Waals surface area contributed by atoms with Gasteiger partial charge >= 0.3 is 0 Å². The number of nitrogens with zero attached hydrogens (tertiary/aromatic N) is 1. The van der Waals surface area contributed by atoms with Crippen LogP contribution in [0.3, 0.4) is 0 Å². The van der Waals surface area contributed by atoms with E-state index in [-0.39, 0.29) is 0 Å². The van der Waals surface area contributed by atoms with Crippen LogP contribution in [0.5, 0.6) is 0 Å². The van der Waals surface area contributed by atoms with Crippen molar-refractivity contribution >= 4 is 11.0 Å². The van der Waals surface area contributed by atoms with Crippen molar-refractivity contribution in [1.29, 1.82) is 0 Å². The third-order valence-corrected chi connectivity index (χ3v) is 3.11. The van der Waals surface area contributed by atoms with E-state index in [0.29, 0.717) is 5.92 Å². The summed E-state index contributed by atoms with van der Waals surface area (Å²) in [6.07, 6.45) is 5.05. The first kappa shape index (κ1) is 11.2. The molecular formula is C14H19NO. The van der Waals surface area contributed by atoms with Crippen LogP contribution in [0.25, 0.3) is 11.0 Å². The molecule has 1 aromatic carbocycles. The molecule has 2 nitrogen and oxygen atoms in total. The second-order valence-electron chi connectivity index (χ2n) is 4.46. The van der Waals surface area contributed by atoms with E-state index in [0.717, 1.165) is 11.3 Å². The van der Waals surface area contributed by atoms with Crippen molar-refractivity contribution in [2.45, 2.75) is 45.4 Å². The smallest absolute Gasteiger partial charge is 0.167 e. The summed E-state index contributed by atoms with van der Waals surface area (Å²) in [7, 11) is 0. The normalized spacial score (nSPS) is 13.1. The molecular weight excluding hydrogens is 198 g/mol. The maximum absolute atomic E-state index is 5.33. The fraction of sp³-hybridized carbons (Fsp3) is 0.500. The lowest BCUT2D eigenvalue weighted by Crippen LogP contribution is -1.94. The highest BCUT2D eigenvalue weighted by Crippen LogP contribution is 2.27. The van der Waals surface area contributed by atoms with Crippen molar-refractivity contribution in [2.24, 2.45) is 0 Å².